The van der Waals surface area contributed by atoms with E-state index >= 15 is 0 Å². The second kappa shape index (κ2) is 3.86. The summed E-state index contributed by atoms with van der Waals surface area (Å²) in [6, 6.07) is 7.71. The minimum absolute atomic E-state index is 0.735. The predicted octanol–water partition coefficient (Wildman–Crippen LogP) is 1.80. The SMILES string of the molecule is COc1ccc(-c2nnc3cnccn23)cc1. The molecule has 0 spiro atoms. The van der Waals surface area contributed by atoms with Gasteiger partial charge in [-0.3, -0.25) is 9.38 Å². The lowest BCUT2D eigenvalue weighted by atomic mass is 10.2. The van der Waals surface area contributed by atoms with E-state index in [1.54, 1.807) is 19.5 Å². The third-order valence-electron chi connectivity index (χ3n) is 2.56. The zero-order chi connectivity index (χ0) is 11.7. The van der Waals surface area contributed by atoms with Crippen LogP contribution in [0.5, 0.6) is 5.75 Å². The van der Waals surface area contributed by atoms with Crippen LogP contribution in [-0.4, -0.2) is 26.7 Å². The van der Waals surface area contributed by atoms with Gasteiger partial charge in [-0.2, -0.15) is 0 Å². The lowest BCUT2D eigenvalue weighted by Crippen LogP contribution is -1.90. The van der Waals surface area contributed by atoms with Crippen molar-refractivity contribution in [3.8, 4) is 17.1 Å². The molecule has 2 heterocycles. The second-order valence-corrected chi connectivity index (χ2v) is 3.56. The van der Waals surface area contributed by atoms with Crippen LogP contribution < -0.4 is 4.74 Å². The van der Waals surface area contributed by atoms with Crippen molar-refractivity contribution in [3.63, 3.8) is 0 Å². The monoisotopic (exact) mass is 226 g/mol. The summed E-state index contributed by atoms with van der Waals surface area (Å²) >= 11 is 0. The second-order valence-electron chi connectivity index (χ2n) is 3.56. The van der Waals surface area contributed by atoms with Gasteiger partial charge in [-0.05, 0) is 24.3 Å². The summed E-state index contributed by atoms with van der Waals surface area (Å²) in [6.07, 6.45) is 5.23. The zero-order valence-electron chi connectivity index (χ0n) is 9.24. The van der Waals surface area contributed by atoms with Crippen molar-refractivity contribution in [1.82, 2.24) is 19.6 Å². The summed E-state index contributed by atoms with van der Waals surface area (Å²) in [5.74, 6) is 1.62. The van der Waals surface area contributed by atoms with Crippen molar-refractivity contribution >= 4 is 5.65 Å². The number of hydrogen-bond donors (Lipinski definition) is 0. The third kappa shape index (κ3) is 1.61. The van der Waals surface area contributed by atoms with Gasteiger partial charge in [0.25, 0.3) is 0 Å². The molecule has 0 fully saturated rings. The molecule has 0 bridgehead atoms. The molecule has 0 saturated carbocycles. The molecule has 0 aliphatic carbocycles. The molecule has 1 aromatic carbocycles. The number of rotatable bonds is 2. The van der Waals surface area contributed by atoms with Crippen LogP contribution in [-0.2, 0) is 0 Å². The van der Waals surface area contributed by atoms with Crippen LogP contribution in [0.4, 0.5) is 0 Å². The number of nitrogens with zero attached hydrogens (tertiary/aromatic N) is 4. The molecule has 0 N–H and O–H groups in total. The zero-order valence-corrected chi connectivity index (χ0v) is 9.24. The fourth-order valence-corrected chi connectivity index (χ4v) is 1.69. The van der Waals surface area contributed by atoms with Crippen molar-refractivity contribution in [2.45, 2.75) is 0 Å². The number of fused-ring (bicyclic) bond motifs is 1. The molecule has 0 unspecified atom stereocenters. The topological polar surface area (TPSA) is 52.3 Å². The van der Waals surface area contributed by atoms with Gasteiger partial charge in [0, 0.05) is 18.0 Å². The number of hydrogen-bond acceptors (Lipinski definition) is 4. The molecular formula is C12H10N4O. The smallest absolute Gasteiger partial charge is 0.179 e. The normalized spacial score (nSPS) is 10.6. The minimum Gasteiger partial charge on any atom is -0.497 e. The van der Waals surface area contributed by atoms with Crippen molar-refractivity contribution in [2.75, 3.05) is 7.11 Å². The van der Waals surface area contributed by atoms with E-state index in [1.807, 2.05) is 34.9 Å². The third-order valence-corrected chi connectivity index (χ3v) is 2.56. The highest BCUT2D eigenvalue weighted by Gasteiger charge is 2.07. The Hall–Kier alpha value is -2.43. The molecule has 3 rings (SSSR count). The van der Waals surface area contributed by atoms with Gasteiger partial charge in [-0.1, -0.05) is 0 Å². The average Bonchev–Trinajstić information content (AvgIpc) is 2.83. The van der Waals surface area contributed by atoms with Gasteiger partial charge < -0.3 is 4.74 Å². The van der Waals surface area contributed by atoms with E-state index in [9.17, 15) is 0 Å². The van der Waals surface area contributed by atoms with Gasteiger partial charge >= 0.3 is 0 Å². The molecule has 0 amide bonds. The first-order valence-corrected chi connectivity index (χ1v) is 5.17. The van der Waals surface area contributed by atoms with Crippen LogP contribution in [0.1, 0.15) is 0 Å². The lowest BCUT2D eigenvalue weighted by Gasteiger charge is -2.01. The standard InChI is InChI=1S/C12H10N4O/c1-17-10-4-2-9(3-5-10)12-15-14-11-8-13-6-7-16(11)12/h2-8H,1H3. The Morgan fingerprint density at radius 1 is 1.12 bits per heavy atom. The van der Waals surface area contributed by atoms with Crippen molar-refractivity contribution in [1.29, 1.82) is 0 Å². The van der Waals surface area contributed by atoms with Crippen LogP contribution in [0, 0.1) is 0 Å². The molecule has 2 aromatic heterocycles. The minimum atomic E-state index is 0.735. The Kier molecular flexibility index (Phi) is 2.22. The van der Waals surface area contributed by atoms with Crippen molar-refractivity contribution in [2.24, 2.45) is 0 Å². The average molecular weight is 226 g/mol. The first kappa shape index (κ1) is 9.77. The van der Waals surface area contributed by atoms with Crippen LogP contribution in [0.15, 0.2) is 42.9 Å². The van der Waals surface area contributed by atoms with E-state index in [0.717, 1.165) is 22.8 Å². The highest BCUT2D eigenvalue weighted by atomic mass is 16.5. The van der Waals surface area contributed by atoms with E-state index < -0.39 is 0 Å². The largest absolute Gasteiger partial charge is 0.497 e. The summed E-state index contributed by atoms with van der Waals surface area (Å²) in [6.45, 7) is 0. The molecule has 17 heavy (non-hydrogen) atoms. The number of aromatic nitrogens is 4. The maximum atomic E-state index is 5.12. The predicted molar refractivity (Wildman–Crippen MR) is 62.8 cm³/mol. The maximum absolute atomic E-state index is 5.12. The number of benzene rings is 1. The summed E-state index contributed by atoms with van der Waals surface area (Å²) in [7, 11) is 1.65. The Bertz CT molecular complexity index is 645. The Balaban J connectivity index is 2.13. The summed E-state index contributed by atoms with van der Waals surface area (Å²) in [5.41, 5.74) is 1.72. The summed E-state index contributed by atoms with van der Waals surface area (Å²) < 4.78 is 7.02. The van der Waals surface area contributed by atoms with E-state index in [1.165, 1.54) is 0 Å². The molecule has 5 heteroatoms. The summed E-state index contributed by atoms with van der Waals surface area (Å²) in [4.78, 5) is 4.00. The molecular weight excluding hydrogens is 216 g/mol. The lowest BCUT2D eigenvalue weighted by molar-refractivity contribution is 0.415. The van der Waals surface area contributed by atoms with Crippen LogP contribution >= 0.6 is 0 Å². The van der Waals surface area contributed by atoms with Crippen LogP contribution in [0.3, 0.4) is 0 Å². The molecule has 0 aliphatic heterocycles. The van der Waals surface area contributed by atoms with Gasteiger partial charge in [-0.25, -0.2) is 0 Å². The number of methoxy groups -OCH3 is 1. The molecule has 5 nitrogen and oxygen atoms in total. The van der Waals surface area contributed by atoms with Gasteiger partial charge in [0.2, 0.25) is 0 Å². The van der Waals surface area contributed by atoms with E-state index in [0.29, 0.717) is 0 Å². The van der Waals surface area contributed by atoms with E-state index in [-0.39, 0.29) is 0 Å². The Morgan fingerprint density at radius 2 is 1.94 bits per heavy atom. The fourth-order valence-electron chi connectivity index (χ4n) is 1.69. The van der Waals surface area contributed by atoms with Crippen molar-refractivity contribution in [3.05, 3.63) is 42.9 Å². The van der Waals surface area contributed by atoms with Crippen LogP contribution in [0.2, 0.25) is 0 Å². The van der Waals surface area contributed by atoms with Gasteiger partial charge in [0.1, 0.15) is 5.75 Å². The first-order valence-electron chi connectivity index (χ1n) is 5.17. The van der Waals surface area contributed by atoms with Gasteiger partial charge in [-0.15, -0.1) is 10.2 Å². The van der Waals surface area contributed by atoms with Crippen molar-refractivity contribution < 1.29 is 4.74 Å². The van der Waals surface area contributed by atoms with Gasteiger partial charge in [0.05, 0.1) is 13.3 Å². The highest BCUT2D eigenvalue weighted by molar-refractivity contribution is 5.59. The molecule has 0 saturated heterocycles. The Morgan fingerprint density at radius 3 is 2.71 bits per heavy atom. The molecule has 0 radical (unpaired) electrons. The molecule has 0 atom stereocenters. The summed E-state index contributed by atoms with van der Waals surface area (Å²) in [5, 5.41) is 8.21. The van der Waals surface area contributed by atoms with Gasteiger partial charge in [0.15, 0.2) is 11.5 Å². The van der Waals surface area contributed by atoms with Crippen LogP contribution in [0.25, 0.3) is 17.0 Å². The molecule has 3 aromatic rings. The first-order chi connectivity index (χ1) is 8.38. The Labute approximate surface area is 97.7 Å². The quantitative estimate of drug-likeness (QED) is 0.668. The maximum Gasteiger partial charge on any atom is 0.179 e. The van der Waals surface area contributed by atoms with E-state index in [2.05, 4.69) is 15.2 Å². The molecule has 84 valence electrons. The number of ether oxygens (including phenoxy) is 1. The van der Waals surface area contributed by atoms with E-state index in [4.69, 9.17) is 4.74 Å². The highest BCUT2D eigenvalue weighted by Crippen LogP contribution is 2.20. The fraction of sp³-hybridized carbons (Fsp3) is 0.0833. The molecule has 0 aliphatic rings.